The Balaban J connectivity index is 1.97. The van der Waals surface area contributed by atoms with Crippen LogP contribution < -0.4 is 4.74 Å². The van der Waals surface area contributed by atoms with Gasteiger partial charge in [0, 0.05) is 0 Å². The van der Waals surface area contributed by atoms with E-state index >= 15 is 0 Å². The van der Waals surface area contributed by atoms with E-state index in [9.17, 15) is 0 Å². The van der Waals surface area contributed by atoms with Gasteiger partial charge >= 0.3 is 0 Å². The minimum absolute atomic E-state index is 0.558. The molecule has 2 heteroatoms. The van der Waals surface area contributed by atoms with Crippen LogP contribution in [0, 0.1) is 0 Å². The number of benzene rings is 1. The maximum Gasteiger partial charge on any atom is 0.122 e. The van der Waals surface area contributed by atoms with Crippen LogP contribution >= 0.6 is 0 Å². The van der Waals surface area contributed by atoms with E-state index < -0.39 is 0 Å². The van der Waals surface area contributed by atoms with Gasteiger partial charge in [-0.05, 0) is 30.4 Å². The molecule has 0 radical (unpaired) electrons. The summed E-state index contributed by atoms with van der Waals surface area (Å²) in [7, 11) is 0. The van der Waals surface area contributed by atoms with Crippen LogP contribution in [0.4, 0.5) is 0 Å². The molecule has 0 aliphatic heterocycles. The molecule has 0 bridgehead atoms. The quantitative estimate of drug-likeness (QED) is 0.551. The zero-order valence-electron chi connectivity index (χ0n) is 10.9. The summed E-state index contributed by atoms with van der Waals surface area (Å²) in [6.07, 6.45) is 8.12. The number of hydrogen-bond donors (Lipinski definition) is 0. The van der Waals surface area contributed by atoms with Gasteiger partial charge in [-0.3, -0.25) is 0 Å². The summed E-state index contributed by atoms with van der Waals surface area (Å²) in [4.78, 5) is 0. The van der Waals surface area contributed by atoms with E-state index in [1.54, 1.807) is 0 Å². The van der Waals surface area contributed by atoms with Gasteiger partial charge in [-0.25, -0.2) is 0 Å². The average Bonchev–Trinajstić information content (AvgIpc) is 2.45. The van der Waals surface area contributed by atoms with Crippen molar-refractivity contribution in [3.63, 3.8) is 0 Å². The molecule has 98 valence electrons. The maximum absolute atomic E-state index is 5.82. The number of ether oxygens (including phenoxy) is 2. The molecule has 0 heterocycles. The Morgan fingerprint density at radius 3 is 2.67 bits per heavy atom. The highest BCUT2D eigenvalue weighted by Gasteiger charge is 2.18. The van der Waals surface area contributed by atoms with Crippen molar-refractivity contribution in [3.8, 4) is 5.75 Å². The van der Waals surface area contributed by atoms with E-state index in [0.717, 1.165) is 5.75 Å². The molecule has 1 aliphatic rings. The molecule has 0 aromatic heterocycles. The predicted molar refractivity (Wildman–Crippen MR) is 73.9 cm³/mol. The molecule has 1 aromatic rings. The van der Waals surface area contributed by atoms with Gasteiger partial charge in [-0.1, -0.05) is 44.0 Å². The van der Waals surface area contributed by atoms with Crippen LogP contribution in [0.15, 0.2) is 37.1 Å². The van der Waals surface area contributed by atoms with E-state index in [1.807, 2.05) is 6.07 Å². The van der Waals surface area contributed by atoms with Crippen LogP contribution in [0.5, 0.6) is 5.75 Å². The van der Waals surface area contributed by atoms with Gasteiger partial charge in [-0.2, -0.15) is 0 Å². The van der Waals surface area contributed by atoms with Crippen molar-refractivity contribution >= 4 is 0 Å². The standard InChI is InChI=1S/C16H22O2/c1-2-17-12-13-18-16-11-7-6-10-15(16)14-8-4-3-5-9-14/h2,6-7,10-11,14H,1,3-5,8-9,12-13H2. The highest BCUT2D eigenvalue weighted by molar-refractivity contribution is 5.36. The van der Waals surface area contributed by atoms with Crippen LogP contribution in [-0.2, 0) is 4.74 Å². The summed E-state index contributed by atoms with van der Waals surface area (Å²) >= 11 is 0. The predicted octanol–water partition coefficient (Wildman–Crippen LogP) is 4.27. The zero-order chi connectivity index (χ0) is 12.6. The van der Waals surface area contributed by atoms with Gasteiger partial charge in [0.05, 0.1) is 6.26 Å². The summed E-state index contributed by atoms with van der Waals surface area (Å²) < 4.78 is 10.9. The van der Waals surface area contributed by atoms with Crippen molar-refractivity contribution in [1.82, 2.24) is 0 Å². The van der Waals surface area contributed by atoms with Gasteiger partial charge in [-0.15, -0.1) is 0 Å². The third kappa shape index (κ3) is 3.52. The number of rotatable bonds is 6. The first-order valence-electron chi connectivity index (χ1n) is 6.86. The van der Waals surface area contributed by atoms with Gasteiger partial charge in [0.25, 0.3) is 0 Å². The lowest BCUT2D eigenvalue weighted by atomic mass is 9.84. The monoisotopic (exact) mass is 246 g/mol. The van der Waals surface area contributed by atoms with Crippen molar-refractivity contribution in [2.24, 2.45) is 0 Å². The van der Waals surface area contributed by atoms with E-state index in [1.165, 1.54) is 43.9 Å². The Kier molecular flexibility index (Phi) is 5.13. The Bertz CT molecular complexity index is 367. The molecule has 0 N–H and O–H groups in total. The fourth-order valence-electron chi connectivity index (χ4n) is 2.65. The molecule has 0 atom stereocenters. The normalized spacial score (nSPS) is 16.2. The topological polar surface area (TPSA) is 18.5 Å². The lowest BCUT2D eigenvalue weighted by Gasteiger charge is -2.24. The molecular formula is C16H22O2. The smallest absolute Gasteiger partial charge is 0.122 e. The maximum atomic E-state index is 5.82. The van der Waals surface area contributed by atoms with Crippen LogP contribution in [0.3, 0.4) is 0 Å². The fraction of sp³-hybridized carbons (Fsp3) is 0.500. The lowest BCUT2D eigenvalue weighted by Crippen LogP contribution is -2.09. The molecule has 1 aliphatic carbocycles. The van der Waals surface area contributed by atoms with Gasteiger partial charge in [0.2, 0.25) is 0 Å². The zero-order valence-corrected chi connectivity index (χ0v) is 10.9. The molecule has 18 heavy (non-hydrogen) atoms. The van der Waals surface area contributed by atoms with E-state index in [2.05, 4.69) is 24.8 Å². The van der Waals surface area contributed by atoms with Crippen LogP contribution in [0.1, 0.15) is 43.6 Å². The molecule has 0 spiro atoms. The Hall–Kier alpha value is -1.44. The lowest BCUT2D eigenvalue weighted by molar-refractivity contribution is 0.178. The summed E-state index contributed by atoms with van der Waals surface area (Å²) in [6.45, 7) is 4.66. The third-order valence-corrected chi connectivity index (χ3v) is 3.54. The van der Waals surface area contributed by atoms with Crippen LogP contribution in [0.25, 0.3) is 0 Å². The summed E-state index contributed by atoms with van der Waals surface area (Å²) in [5.41, 5.74) is 1.37. The van der Waals surface area contributed by atoms with Gasteiger partial charge < -0.3 is 9.47 Å². The first-order chi connectivity index (χ1) is 8.92. The molecule has 2 nitrogen and oxygen atoms in total. The van der Waals surface area contributed by atoms with Crippen molar-refractivity contribution in [3.05, 3.63) is 42.7 Å². The van der Waals surface area contributed by atoms with Gasteiger partial charge in [0.15, 0.2) is 0 Å². The molecule has 1 fully saturated rings. The van der Waals surface area contributed by atoms with Crippen molar-refractivity contribution < 1.29 is 9.47 Å². The average molecular weight is 246 g/mol. The molecule has 0 unspecified atom stereocenters. The second kappa shape index (κ2) is 7.10. The van der Waals surface area contributed by atoms with Crippen molar-refractivity contribution in [2.75, 3.05) is 13.2 Å². The van der Waals surface area contributed by atoms with Crippen molar-refractivity contribution in [1.29, 1.82) is 0 Å². The number of hydrogen-bond acceptors (Lipinski definition) is 2. The second-order valence-electron chi connectivity index (χ2n) is 4.76. The summed E-state index contributed by atoms with van der Waals surface area (Å²) in [5.74, 6) is 1.70. The SMILES string of the molecule is C=COCCOc1ccccc1C1CCCCC1. The largest absolute Gasteiger partial charge is 0.498 e. The number of para-hydroxylation sites is 1. The third-order valence-electron chi connectivity index (χ3n) is 3.54. The Morgan fingerprint density at radius 2 is 1.89 bits per heavy atom. The highest BCUT2D eigenvalue weighted by Crippen LogP contribution is 2.37. The van der Waals surface area contributed by atoms with E-state index in [4.69, 9.17) is 9.47 Å². The highest BCUT2D eigenvalue weighted by atomic mass is 16.5. The first kappa shape index (κ1) is 13.0. The molecule has 0 saturated heterocycles. The molecule has 1 saturated carbocycles. The van der Waals surface area contributed by atoms with E-state index in [-0.39, 0.29) is 0 Å². The summed E-state index contributed by atoms with van der Waals surface area (Å²) in [6, 6.07) is 8.42. The van der Waals surface area contributed by atoms with Crippen LogP contribution in [0.2, 0.25) is 0 Å². The molecule has 2 rings (SSSR count). The molecule has 0 amide bonds. The first-order valence-corrected chi connectivity index (χ1v) is 6.86. The second-order valence-corrected chi connectivity index (χ2v) is 4.76. The van der Waals surface area contributed by atoms with Crippen LogP contribution in [-0.4, -0.2) is 13.2 Å². The minimum Gasteiger partial charge on any atom is -0.498 e. The minimum atomic E-state index is 0.558. The van der Waals surface area contributed by atoms with Gasteiger partial charge in [0.1, 0.15) is 19.0 Å². The fourth-order valence-corrected chi connectivity index (χ4v) is 2.65. The molecular weight excluding hydrogens is 224 g/mol. The Labute approximate surface area is 110 Å². The van der Waals surface area contributed by atoms with Crippen molar-refractivity contribution in [2.45, 2.75) is 38.0 Å². The summed E-state index contributed by atoms with van der Waals surface area (Å²) in [5, 5.41) is 0. The van der Waals surface area contributed by atoms with E-state index in [0.29, 0.717) is 19.1 Å². The Morgan fingerprint density at radius 1 is 1.11 bits per heavy atom. The molecule has 1 aromatic carbocycles.